The van der Waals surface area contributed by atoms with Gasteiger partial charge in [0.25, 0.3) is 0 Å². The summed E-state index contributed by atoms with van der Waals surface area (Å²) in [5, 5.41) is 9.60. The summed E-state index contributed by atoms with van der Waals surface area (Å²) in [6.45, 7) is 8.71. The van der Waals surface area contributed by atoms with E-state index in [0.29, 0.717) is 12.0 Å². The maximum atomic E-state index is 12.2. The Morgan fingerprint density at radius 1 is 1.24 bits per heavy atom. The van der Waals surface area contributed by atoms with Gasteiger partial charge in [0.1, 0.15) is 0 Å². The van der Waals surface area contributed by atoms with Gasteiger partial charge in [0.2, 0.25) is 5.91 Å². The molecule has 0 aliphatic carbocycles. The molecule has 3 atom stereocenters. The lowest BCUT2D eigenvalue weighted by molar-refractivity contribution is -0.133. The fraction of sp³-hybridized carbons (Fsp3) is 0.923. The molecule has 3 unspecified atom stereocenters. The Morgan fingerprint density at radius 2 is 1.94 bits per heavy atom. The van der Waals surface area contributed by atoms with Crippen molar-refractivity contribution in [3.63, 3.8) is 0 Å². The first-order chi connectivity index (χ1) is 8.00. The summed E-state index contributed by atoms with van der Waals surface area (Å²) in [4.78, 5) is 16.5. The van der Waals surface area contributed by atoms with E-state index in [2.05, 4.69) is 18.7 Å². The summed E-state index contributed by atoms with van der Waals surface area (Å²) in [6.07, 6.45) is 1.71. The topological polar surface area (TPSA) is 43.8 Å². The van der Waals surface area contributed by atoms with Gasteiger partial charge in [0.15, 0.2) is 0 Å². The standard InChI is InChI=1S/C13H24N2O2/c1-9(2)15-7-5-12(13(15)17)14-6-4-11(8-14)10(3)16/h9-12,16H,4-8H2,1-3H3. The smallest absolute Gasteiger partial charge is 0.240 e. The number of aliphatic hydroxyl groups excluding tert-OH is 1. The molecule has 1 amide bonds. The number of rotatable bonds is 3. The number of carbonyl (C=O) groups is 1. The average molecular weight is 240 g/mol. The number of amides is 1. The lowest BCUT2D eigenvalue weighted by Gasteiger charge is -2.25. The van der Waals surface area contributed by atoms with Crippen molar-refractivity contribution in [2.75, 3.05) is 19.6 Å². The zero-order valence-electron chi connectivity index (χ0n) is 11.1. The van der Waals surface area contributed by atoms with Crippen molar-refractivity contribution in [2.45, 2.75) is 51.8 Å². The summed E-state index contributed by atoms with van der Waals surface area (Å²) < 4.78 is 0. The largest absolute Gasteiger partial charge is 0.393 e. The number of likely N-dealkylation sites (tertiary alicyclic amines) is 2. The van der Waals surface area contributed by atoms with Crippen molar-refractivity contribution in [3.8, 4) is 0 Å². The quantitative estimate of drug-likeness (QED) is 0.789. The normalized spacial score (nSPS) is 32.8. The van der Waals surface area contributed by atoms with Gasteiger partial charge < -0.3 is 10.0 Å². The van der Waals surface area contributed by atoms with Crippen molar-refractivity contribution < 1.29 is 9.90 Å². The van der Waals surface area contributed by atoms with E-state index < -0.39 is 0 Å². The van der Waals surface area contributed by atoms with Crippen LogP contribution in [0.1, 0.15) is 33.6 Å². The van der Waals surface area contributed by atoms with Gasteiger partial charge >= 0.3 is 0 Å². The molecule has 0 aromatic rings. The van der Waals surface area contributed by atoms with Gasteiger partial charge in [-0.25, -0.2) is 0 Å². The first-order valence-electron chi connectivity index (χ1n) is 6.73. The third-order valence-electron chi connectivity index (χ3n) is 4.21. The van der Waals surface area contributed by atoms with E-state index in [4.69, 9.17) is 0 Å². The van der Waals surface area contributed by atoms with Crippen LogP contribution in [0.3, 0.4) is 0 Å². The van der Waals surface area contributed by atoms with E-state index in [-0.39, 0.29) is 18.1 Å². The molecule has 0 bridgehead atoms. The van der Waals surface area contributed by atoms with E-state index >= 15 is 0 Å². The Labute approximate surface area is 104 Å². The molecule has 17 heavy (non-hydrogen) atoms. The number of hydrogen-bond acceptors (Lipinski definition) is 3. The first-order valence-corrected chi connectivity index (χ1v) is 6.73. The predicted molar refractivity (Wildman–Crippen MR) is 66.6 cm³/mol. The van der Waals surface area contributed by atoms with Gasteiger partial charge in [-0.05, 0) is 46.1 Å². The van der Waals surface area contributed by atoms with E-state index in [1.54, 1.807) is 0 Å². The minimum absolute atomic E-state index is 0.0705. The molecule has 2 fully saturated rings. The van der Waals surface area contributed by atoms with Crippen LogP contribution in [0.15, 0.2) is 0 Å². The van der Waals surface area contributed by atoms with Crippen LogP contribution in [0.5, 0.6) is 0 Å². The zero-order chi connectivity index (χ0) is 12.6. The lowest BCUT2D eigenvalue weighted by atomic mass is 10.0. The number of carbonyl (C=O) groups excluding carboxylic acids is 1. The zero-order valence-corrected chi connectivity index (χ0v) is 11.1. The van der Waals surface area contributed by atoms with Crippen molar-refractivity contribution in [2.24, 2.45) is 5.92 Å². The van der Waals surface area contributed by atoms with Crippen LogP contribution in [-0.4, -0.2) is 58.6 Å². The van der Waals surface area contributed by atoms with Crippen molar-refractivity contribution in [1.29, 1.82) is 0 Å². The van der Waals surface area contributed by atoms with Gasteiger partial charge in [0, 0.05) is 19.1 Å². The third-order valence-corrected chi connectivity index (χ3v) is 4.21. The number of hydrogen-bond donors (Lipinski definition) is 1. The lowest BCUT2D eigenvalue weighted by Crippen LogP contribution is -2.42. The molecule has 2 aliphatic heterocycles. The molecule has 0 radical (unpaired) electrons. The molecule has 0 aromatic carbocycles. The highest BCUT2D eigenvalue weighted by molar-refractivity contribution is 5.84. The van der Waals surface area contributed by atoms with Gasteiger partial charge in [0.05, 0.1) is 12.1 Å². The highest BCUT2D eigenvalue weighted by Gasteiger charge is 2.40. The minimum atomic E-state index is -0.252. The summed E-state index contributed by atoms with van der Waals surface area (Å²) in [5.41, 5.74) is 0. The Morgan fingerprint density at radius 3 is 2.41 bits per heavy atom. The summed E-state index contributed by atoms with van der Waals surface area (Å²) in [6, 6.07) is 0.379. The Balaban J connectivity index is 1.95. The second-order valence-electron chi connectivity index (χ2n) is 5.71. The molecule has 4 heteroatoms. The molecule has 2 aliphatic rings. The molecule has 0 spiro atoms. The molecule has 4 nitrogen and oxygen atoms in total. The second kappa shape index (κ2) is 4.94. The van der Waals surface area contributed by atoms with Crippen LogP contribution < -0.4 is 0 Å². The molecule has 2 heterocycles. The Kier molecular flexibility index (Phi) is 3.73. The van der Waals surface area contributed by atoms with E-state index in [9.17, 15) is 9.90 Å². The SMILES string of the molecule is CC(O)C1CCN(C2CCN(C(C)C)C2=O)C1. The van der Waals surface area contributed by atoms with Gasteiger partial charge in [-0.1, -0.05) is 0 Å². The van der Waals surface area contributed by atoms with E-state index in [0.717, 1.165) is 32.5 Å². The van der Waals surface area contributed by atoms with Crippen LogP contribution in [0, 0.1) is 5.92 Å². The highest BCUT2D eigenvalue weighted by Crippen LogP contribution is 2.27. The maximum absolute atomic E-state index is 12.2. The fourth-order valence-electron chi connectivity index (χ4n) is 3.03. The summed E-state index contributed by atoms with van der Waals surface area (Å²) >= 11 is 0. The predicted octanol–water partition coefficient (Wildman–Crippen LogP) is 0.698. The summed E-state index contributed by atoms with van der Waals surface area (Å²) in [5.74, 6) is 0.627. The van der Waals surface area contributed by atoms with Crippen LogP contribution in [0.2, 0.25) is 0 Å². The number of aliphatic hydroxyl groups is 1. The fourth-order valence-corrected chi connectivity index (χ4v) is 3.03. The van der Waals surface area contributed by atoms with Crippen LogP contribution in [-0.2, 0) is 4.79 Å². The van der Waals surface area contributed by atoms with Crippen molar-refractivity contribution >= 4 is 5.91 Å². The molecular formula is C13H24N2O2. The second-order valence-corrected chi connectivity index (χ2v) is 5.71. The average Bonchev–Trinajstić information content (AvgIpc) is 2.82. The molecule has 0 saturated carbocycles. The summed E-state index contributed by atoms with van der Waals surface area (Å²) in [7, 11) is 0. The van der Waals surface area contributed by atoms with Crippen LogP contribution in [0.25, 0.3) is 0 Å². The molecule has 98 valence electrons. The van der Waals surface area contributed by atoms with E-state index in [1.807, 2.05) is 11.8 Å². The monoisotopic (exact) mass is 240 g/mol. The minimum Gasteiger partial charge on any atom is -0.393 e. The first kappa shape index (κ1) is 12.8. The maximum Gasteiger partial charge on any atom is 0.240 e. The highest BCUT2D eigenvalue weighted by atomic mass is 16.3. The van der Waals surface area contributed by atoms with Crippen molar-refractivity contribution in [1.82, 2.24) is 9.80 Å². The van der Waals surface area contributed by atoms with Crippen molar-refractivity contribution in [3.05, 3.63) is 0 Å². The molecule has 1 N–H and O–H groups in total. The van der Waals surface area contributed by atoms with Gasteiger partial charge in [-0.2, -0.15) is 0 Å². The molecule has 2 saturated heterocycles. The Hall–Kier alpha value is -0.610. The van der Waals surface area contributed by atoms with E-state index in [1.165, 1.54) is 0 Å². The molecule has 2 rings (SSSR count). The molecule has 0 aromatic heterocycles. The molecular weight excluding hydrogens is 216 g/mol. The van der Waals surface area contributed by atoms with Gasteiger partial charge in [-0.3, -0.25) is 9.69 Å². The number of nitrogens with zero attached hydrogens (tertiary/aromatic N) is 2. The third kappa shape index (κ3) is 2.47. The van der Waals surface area contributed by atoms with Gasteiger partial charge in [-0.15, -0.1) is 0 Å². The van der Waals surface area contributed by atoms with Crippen LogP contribution >= 0.6 is 0 Å². The Bertz CT molecular complexity index is 291. The van der Waals surface area contributed by atoms with Crippen LogP contribution in [0.4, 0.5) is 0 Å².